The number of carbonyl (C=O) groups is 4. The van der Waals surface area contributed by atoms with Crippen LogP contribution in [-0.4, -0.2) is 82.5 Å². The predicted molar refractivity (Wildman–Crippen MR) is 139 cm³/mol. The molecule has 3 amide bonds. The van der Waals surface area contributed by atoms with Crippen LogP contribution in [0.3, 0.4) is 0 Å². The van der Waals surface area contributed by atoms with Crippen molar-refractivity contribution < 1.29 is 24.3 Å². The zero-order valence-electron chi connectivity index (χ0n) is 20.9. The molecule has 0 aromatic rings. The van der Waals surface area contributed by atoms with E-state index < -0.39 is 24.1 Å². The Morgan fingerprint density at radius 1 is 1.00 bits per heavy atom. The molecule has 6 rings (SSSR count). The minimum absolute atomic E-state index is 0.0244. The van der Waals surface area contributed by atoms with E-state index in [-0.39, 0.29) is 34.9 Å². The number of nitrogens with zero attached hydrogens (tertiary/aromatic N) is 1. The molecule has 4 aliphatic carbocycles. The predicted octanol–water partition coefficient (Wildman–Crippen LogP) is 1.62. The van der Waals surface area contributed by atoms with Crippen LogP contribution in [0, 0.1) is 23.2 Å². The molecule has 4 atom stereocenters. The Hall–Kier alpha value is -1.46. The summed E-state index contributed by atoms with van der Waals surface area (Å²) < 4.78 is 0. The Kier molecular flexibility index (Phi) is 7.79. The molecule has 6 aliphatic rings. The van der Waals surface area contributed by atoms with Gasteiger partial charge >= 0.3 is 5.97 Å². The van der Waals surface area contributed by atoms with Gasteiger partial charge in [-0.1, -0.05) is 21.6 Å². The molecule has 4 saturated carbocycles. The Morgan fingerprint density at radius 3 is 2.28 bits per heavy atom. The van der Waals surface area contributed by atoms with E-state index in [0.29, 0.717) is 36.5 Å². The van der Waals surface area contributed by atoms with E-state index in [9.17, 15) is 24.3 Å². The summed E-state index contributed by atoms with van der Waals surface area (Å²) in [5, 5.41) is 18.6. The molecular formula is C25H38N4O5S2. The van der Waals surface area contributed by atoms with Gasteiger partial charge in [0.25, 0.3) is 0 Å². The average Bonchev–Trinajstić information content (AvgIpc) is 3.26. The largest absolute Gasteiger partial charge is 0.480 e. The number of nitrogens with one attached hydrogen (secondary N) is 3. The number of carbonyl (C=O) groups excluding carboxylic acids is 3. The minimum atomic E-state index is -1.06. The van der Waals surface area contributed by atoms with Crippen molar-refractivity contribution in [2.75, 3.05) is 24.6 Å². The number of carboxylic acid groups (broad SMARTS) is 1. The summed E-state index contributed by atoms with van der Waals surface area (Å²) >= 11 is 0. The van der Waals surface area contributed by atoms with Gasteiger partial charge in [-0.3, -0.25) is 19.3 Å². The van der Waals surface area contributed by atoms with Crippen molar-refractivity contribution in [1.82, 2.24) is 20.9 Å². The molecule has 2 aliphatic heterocycles. The third-order valence-corrected chi connectivity index (χ3v) is 11.3. The molecule has 6 fully saturated rings. The Bertz CT molecular complexity index is 866. The molecular weight excluding hydrogens is 500 g/mol. The summed E-state index contributed by atoms with van der Waals surface area (Å²) in [6, 6.07) is -2.27. The summed E-state index contributed by atoms with van der Waals surface area (Å²) in [4.78, 5) is 53.6. The maximum absolute atomic E-state index is 13.7. The fourth-order valence-corrected chi connectivity index (χ4v) is 9.96. The van der Waals surface area contributed by atoms with Crippen molar-refractivity contribution in [3.63, 3.8) is 0 Å². The number of rotatable bonds is 3. The molecule has 2 heterocycles. The highest BCUT2D eigenvalue weighted by Gasteiger charge is 2.55. The zero-order chi connectivity index (χ0) is 25.4. The highest BCUT2D eigenvalue weighted by molar-refractivity contribution is 8.76. The molecule has 0 aromatic heterocycles. The maximum atomic E-state index is 13.7. The van der Waals surface area contributed by atoms with E-state index in [1.807, 2.05) is 11.8 Å². The van der Waals surface area contributed by atoms with Gasteiger partial charge in [0.15, 0.2) is 0 Å². The topological polar surface area (TPSA) is 128 Å². The molecule has 36 heavy (non-hydrogen) atoms. The second kappa shape index (κ2) is 10.7. The van der Waals surface area contributed by atoms with Gasteiger partial charge in [0.05, 0.1) is 6.04 Å². The molecule has 4 N–H and O–H groups in total. The van der Waals surface area contributed by atoms with Crippen molar-refractivity contribution in [3.8, 4) is 0 Å². The third-order valence-electron chi connectivity index (χ3n) is 8.87. The highest BCUT2D eigenvalue weighted by Crippen LogP contribution is 2.60. The van der Waals surface area contributed by atoms with E-state index in [2.05, 4.69) is 16.0 Å². The molecule has 11 heteroatoms. The van der Waals surface area contributed by atoms with E-state index in [4.69, 9.17) is 0 Å². The first-order chi connectivity index (χ1) is 17.2. The summed E-state index contributed by atoms with van der Waals surface area (Å²) in [6.07, 6.45) is 8.09. The number of amides is 3. The molecule has 0 radical (unpaired) electrons. The third kappa shape index (κ3) is 5.53. The van der Waals surface area contributed by atoms with Crippen molar-refractivity contribution in [3.05, 3.63) is 0 Å². The molecule has 200 valence electrons. The van der Waals surface area contributed by atoms with Crippen LogP contribution in [0.15, 0.2) is 0 Å². The normalized spacial score (nSPS) is 41.6. The molecule has 0 aromatic carbocycles. The quantitative estimate of drug-likeness (QED) is 0.399. The number of aliphatic carboxylic acids is 1. The van der Waals surface area contributed by atoms with Gasteiger partial charge in [-0.25, -0.2) is 4.79 Å². The van der Waals surface area contributed by atoms with Crippen LogP contribution in [0.4, 0.5) is 0 Å². The molecule has 1 unspecified atom stereocenters. The molecule has 4 bridgehead atoms. The summed E-state index contributed by atoms with van der Waals surface area (Å²) in [6.45, 7) is 3.14. The summed E-state index contributed by atoms with van der Waals surface area (Å²) in [5.41, 5.74) is -0.334. The lowest BCUT2D eigenvalue weighted by Crippen LogP contribution is -2.59. The Morgan fingerprint density at radius 2 is 1.64 bits per heavy atom. The standard InChI is InChI=1S/C25H38N4O5S2/c1-14-11-29-4-2-3-20(29)22(31)27-19(23(32)33)13-36-35-12-18(21(30)26-14)28-24(34)25-8-15-5-16(9-25)7-17(6-15)10-25/h14-20H,2-13H2,1H3,(H,26,30)(H,27,31)(H,28,34)(H,32,33)/t14-,15?,16?,17?,18?,19-,20-,25?/m0/s1. The van der Waals surface area contributed by atoms with Gasteiger partial charge in [0.2, 0.25) is 17.7 Å². The fraction of sp³-hybridized carbons (Fsp3) is 0.840. The van der Waals surface area contributed by atoms with Crippen LogP contribution in [0.2, 0.25) is 0 Å². The van der Waals surface area contributed by atoms with Gasteiger partial charge in [-0.15, -0.1) is 0 Å². The molecule has 2 saturated heterocycles. The van der Waals surface area contributed by atoms with Crippen LogP contribution in [0.25, 0.3) is 0 Å². The number of fused-ring (bicyclic) bond motifs is 1. The van der Waals surface area contributed by atoms with Crippen molar-refractivity contribution in [1.29, 1.82) is 0 Å². The molecule has 0 spiro atoms. The van der Waals surface area contributed by atoms with Crippen molar-refractivity contribution >= 4 is 45.3 Å². The van der Waals surface area contributed by atoms with Gasteiger partial charge in [0, 0.05) is 29.5 Å². The monoisotopic (exact) mass is 538 g/mol. The van der Waals surface area contributed by atoms with Crippen LogP contribution in [0.5, 0.6) is 0 Å². The second-order valence-electron chi connectivity index (χ2n) is 11.8. The summed E-state index contributed by atoms with van der Waals surface area (Å²) in [5.74, 6) is 0.939. The van der Waals surface area contributed by atoms with Crippen LogP contribution in [-0.2, 0) is 19.2 Å². The average molecular weight is 539 g/mol. The number of carboxylic acids is 1. The Labute approximate surface area is 220 Å². The number of hydrogen-bond donors (Lipinski definition) is 4. The van der Waals surface area contributed by atoms with E-state index in [0.717, 1.165) is 32.2 Å². The van der Waals surface area contributed by atoms with E-state index >= 15 is 0 Å². The van der Waals surface area contributed by atoms with Gasteiger partial charge in [-0.2, -0.15) is 0 Å². The lowest BCUT2D eigenvalue weighted by Gasteiger charge is -2.55. The van der Waals surface area contributed by atoms with Crippen molar-refractivity contribution in [2.24, 2.45) is 23.2 Å². The fourth-order valence-electron chi connectivity index (χ4n) is 7.64. The lowest BCUT2D eigenvalue weighted by atomic mass is 9.49. The lowest BCUT2D eigenvalue weighted by molar-refractivity contribution is -0.148. The van der Waals surface area contributed by atoms with Gasteiger partial charge < -0.3 is 21.1 Å². The second-order valence-corrected chi connectivity index (χ2v) is 14.3. The van der Waals surface area contributed by atoms with Crippen LogP contribution >= 0.6 is 21.6 Å². The van der Waals surface area contributed by atoms with Crippen molar-refractivity contribution in [2.45, 2.75) is 82.5 Å². The number of hydrogen-bond acceptors (Lipinski definition) is 7. The van der Waals surface area contributed by atoms with Crippen LogP contribution in [0.1, 0.15) is 58.3 Å². The summed E-state index contributed by atoms with van der Waals surface area (Å²) in [7, 11) is 2.68. The minimum Gasteiger partial charge on any atom is -0.480 e. The Balaban J connectivity index is 1.29. The van der Waals surface area contributed by atoms with E-state index in [1.165, 1.54) is 40.9 Å². The van der Waals surface area contributed by atoms with Crippen LogP contribution < -0.4 is 16.0 Å². The first kappa shape index (κ1) is 26.2. The van der Waals surface area contributed by atoms with E-state index in [1.54, 1.807) is 0 Å². The molecule has 9 nitrogen and oxygen atoms in total. The zero-order valence-corrected chi connectivity index (χ0v) is 22.5. The smallest absolute Gasteiger partial charge is 0.327 e. The first-order valence-electron chi connectivity index (χ1n) is 13.4. The van der Waals surface area contributed by atoms with Gasteiger partial charge in [-0.05, 0) is 82.6 Å². The first-order valence-corrected chi connectivity index (χ1v) is 15.8. The maximum Gasteiger partial charge on any atom is 0.327 e. The highest BCUT2D eigenvalue weighted by atomic mass is 33.1. The van der Waals surface area contributed by atoms with Gasteiger partial charge in [0.1, 0.15) is 12.1 Å². The SMILES string of the molecule is C[C@H]1CN2CCC[C@H]2C(=O)N[C@H](C(=O)O)CSSCC(NC(=O)C23CC4CC(CC(C4)C2)C3)C(=O)N1.